The summed E-state index contributed by atoms with van der Waals surface area (Å²) < 4.78 is 0. The summed E-state index contributed by atoms with van der Waals surface area (Å²) in [5.74, 6) is 4.01. The van der Waals surface area contributed by atoms with Crippen molar-refractivity contribution in [3.63, 3.8) is 0 Å². The van der Waals surface area contributed by atoms with Crippen LogP contribution < -0.4 is 0 Å². The molecule has 1 fully saturated rings. The molecule has 3 atom stereocenters. The Kier molecular flexibility index (Phi) is 3.61. The van der Waals surface area contributed by atoms with Gasteiger partial charge in [0.1, 0.15) is 0 Å². The molecule has 1 aliphatic rings. The molecular formula is C12H24. The van der Waals surface area contributed by atoms with E-state index in [0.717, 1.165) is 23.7 Å². The minimum Gasteiger partial charge on any atom is -0.0654 e. The first-order valence-corrected chi connectivity index (χ1v) is 5.66. The monoisotopic (exact) mass is 168 g/mol. The van der Waals surface area contributed by atoms with Crippen molar-refractivity contribution >= 4 is 0 Å². The van der Waals surface area contributed by atoms with Crippen molar-refractivity contribution in [3.05, 3.63) is 0 Å². The second kappa shape index (κ2) is 4.30. The SMILES string of the molecule is CCCC(C)C1CCC1C(C)C. The summed E-state index contributed by atoms with van der Waals surface area (Å²) in [6.45, 7) is 9.52. The third-order valence-electron chi connectivity index (χ3n) is 3.71. The topological polar surface area (TPSA) is 0 Å². The highest BCUT2D eigenvalue weighted by Gasteiger charge is 2.35. The maximum atomic E-state index is 2.45. The van der Waals surface area contributed by atoms with Gasteiger partial charge in [-0.2, -0.15) is 0 Å². The summed E-state index contributed by atoms with van der Waals surface area (Å²) >= 11 is 0. The Bertz CT molecular complexity index is 126. The molecule has 1 rings (SSSR count). The van der Waals surface area contributed by atoms with Gasteiger partial charge in [0.2, 0.25) is 0 Å². The normalized spacial score (nSPS) is 31.8. The van der Waals surface area contributed by atoms with Crippen molar-refractivity contribution in [2.24, 2.45) is 23.7 Å². The minimum absolute atomic E-state index is 0.919. The van der Waals surface area contributed by atoms with Gasteiger partial charge in [-0.15, -0.1) is 0 Å². The van der Waals surface area contributed by atoms with E-state index in [1.54, 1.807) is 0 Å². The fourth-order valence-electron chi connectivity index (χ4n) is 2.76. The highest BCUT2D eigenvalue weighted by atomic mass is 14.4. The molecule has 0 bridgehead atoms. The highest BCUT2D eigenvalue weighted by Crippen LogP contribution is 2.45. The van der Waals surface area contributed by atoms with E-state index in [-0.39, 0.29) is 0 Å². The van der Waals surface area contributed by atoms with Gasteiger partial charge >= 0.3 is 0 Å². The van der Waals surface area contributed by atoms with E-state index in [2.05, 4.69) is 27.7 Å². The van der Waals surface area contributed by atoms with Crippen molar-refractivity contribution in [2.75, 3.05) is 0 Å². The third-order valence-corrected chi connectivity index (χ3v) is 3.71. The summed E-state index contributed by atoms with van der Waals surface area (Å²) in [7, 11) is 0. The molecule has 0 spiro atoms. The standard InChI is InChI=1S/C12H24/c1-5-6-10(4)12-8-7-11(12)9(2)3/h9-12H,5-8H2,1-4H3. The largest absolute Gasteiger partial charge is 0.0654 e. The molecule has 0 heterocycles. The van der Waals surface area contributed by atoms with Crippen LogP contribution in [0.2, 0.25) is 0 Å². The van der Waals surface area contributed by atoms with Crippen LogP contribution in [0.1, 0.15) is 53.4 Å². The Hall–Kier alpha value is 0. The summed E-state index contributed by atoms with van der Waals surface area (Å²) in [4.78, 5) is 0. The molecule has 1 aliphatic carbocycles. The van der Waals surface area contributed by atoms with Gasteiger partial charge in [0.25, 0.3) is 0 Å². The van der Waals surface area contributed by atoms with E-state index in [1.807, 2.05) is 0 Å². The number of hydrogen-bond acceptors (Lipinski definition) is 0. The van der Waals surface area contributed by atoms with Crippen molar-refractivity contribution in [3.8, 4) is 0 Å². The Balaban J connectivity index is 2.32. The molecular weight excluding hydrogens is 144 g/mol. The number of hydrogen-bond donors (Lipinski definition) is 0. The molecule has 0 nitrogen and oxygen atoms in total. The lowest BCUT2D eigenvalue weighted by molar-refractivity contribution is 0.0678. The van der Waals surface area contributed by atoms with Gasteiger partial charge in [-0.3, -0.25) is 0 Å². The van der Waals surface area contributed by atoms with E-state index in [4.69, 9.17) is 0 Å². The Morgan fingerprint density at radius 2 is 1.67 bits per heavy atom. The van der Waals surface area contributed by atoms with Crippen LogP contribution in [0.15, 0.2) is 0 Å². The van der Waals surface area contributed by atoms with Crippen LogP contribution in [0.3, 0.4) is 0 Å². The average Bonchev–Trinajstić information content (AvgIpc) is 1.82. The van der Waals surface area contributed by atoms with Crippen molar-refractivity contribution in [1.82, 2.24) is 0 Å². The first-order valence-electron chi connectivity index (χ1n) is 5.66. The molecule has 72 valence electrons. The van der Waals surface area contributed by atoms with E-state index in [9.17, 15) is 0 Å². The fourth-order valence-corrected chi connectivity index (χ4v) is 2.76. The van der Waals surface area contributed by atoms with Gasteiger partial charge in [0.15, 0.2) is 0 Å². The summed E-state index contributed by atoms with van der Waals surface area (Å²) in [6, 6.07) is 0. The second-order valence-electron chi connectivity index (χ2n) is 4.92. The second-order valence-corrected chi connectivity index (χ2v) is 4.92. The van der Waals surface area contributed by atoms with Crippen LogP contribution in [0, 0.1) is 23.7 Å². The van der Waals surface area contributed by atoms with Gasteiger partial charge in [-0.25, -0.2) is 0 Å². The molecule has 1 saturated carbocycles. The van der Waals surface area contributed by atoms with Crippen LogP contribution in [-0.4, -0.2) is 0 Å². The van der Waals surface area contributed by atoms with Crippen LogP contribution in [0.4, 0.5) is 0 Å². The quantitative estimate of drug-likeness (QED) is 0.592. The molecule has 0 amide bonds. The molecule has 3 unspecified atom stereocenters. The summed E-state index contributed by atoms with van der Waals surface area (Å²) in [5, 5.41) is 0. The molecule has 12 heavy (non-hydrogen) atoms. The molecule has 0 aromatic carbocycles. The number of rotatable bonds is 4. The fraction of sp³-hybridized carbons (Fsp3) is 1.00. The van der Waals surface area contributed by atoms with Crippen LogP contribution >= 0.6 is 0 Å². The maximum absolute atomic E-state index is 2.45. The zero-order valence-electron chi connectivity index (χ0n) is 9.14. The molecule has 0 saturated heterocycles. The van der Waals surface area contributed by atoms with E-state index < -0.39 is 0 Å². The molecule has 0 heteroatoms. The Labute approximate surface area is 77.7 Å². The summed E-state index contributed by atoms with van der Waals surface area (Å²) in [5.41, 5.74) is 0. The zero-order chi connectivity index (χ0) is 9.14. The third kappa shape index (κ3) is 2.02. The van der Waals surface area contributed by atoms with E-state index in [1.165, 1.54) is 25.7 Å². The van der Waals surface area contributed by atoms with E-state index in [0.29, 0.717) is 0 Å². The molecule has 0 aliphatic heterocycles. The molecule has 0 aromatic heterocycles. The van der Waals surface area contributed by atoms with Gasteiger partial charge in [-0.05, 0) is 36.5 Å². The minimum atomic E-state index is 0.919. The lowest BCUT2D eigenvalue weighted by Crippen LogP contribution is -2.34. The van der Waals surface area contributed by atoms with Gasteiger partial charge in [0, 0.05) is 0 Å². The van der Waals surface area contributed by atoms with Crippen molar-refractivity contribution in [2.45, 2.75) is 53.4 Å². The van der Waals surface area contributed by atoms with Gasteiger partial charge in [-0.1, -0.05) is 40.5 Å². The molecule has 0 aromatic rings. The van der Waals surface area contributed by atoms with Gasteiger partial charge < -0.3 is 0 Å². The average molecular weight is 168 g/mol. The first kappa shape index (κ1) is 10.1. The molecule has 0 N–H and O–H groups in total. The van der Waals surface area contributed by atoms with E-state index >= 15 is 0 Å². The molecule has 0 radical (unpaired) electrons. The predicted molar refractivity (Wildman–Crippen MR) is 55.1 cm³/mol. The van der Waals surface area contributed by atoms with Crippen molar-refractivity contribution < 1.29 is 0 Å². The van der Waals surface area contributed by atoms with Crippen LogP contribution in [-0.2, 0) is 0 Å². The first-order chi connectivity index (χ1) is 5.66. The lowest BCUT2D eigenvalue weighted by Gasteiger charge is -2.43. The lowest BCUT2D eigenvalue weighted by atomic mass is 9.62. The predicted octanol–water partition coefficient (Wildman–Crippen LogP) is 4.10. The Morgan fingerprint density at radius 1 is 1.08 bits per heavy atom. The van der Waals surface area contributed by atoms with Crippen LogP contribution in [0.5, 0.6) is 0 Å². The zero-order valence-corrected chi connectivity index (χ0v) is 9.14. The Morgan fingerprint density at radius 3 is 2.00 bits per heavy atom. The maximum Gasteiger partial charge on any atom is -0.0358 e. The summed E-state index contributed by atoms with van der Waals surface area (Å²) in [6.07, 6.45) is 5.80. The van der Waals surface area contributed by atoms with Crippen molar-refractivity contribution in [1.29, 1.82) is 0 Å². The smallest absolute Gasteiger partial charge is 0.0358 e. The van der Waals surface area contributed by atoms with Crippen LogP contribution in [0.25, 0.3) is 0 Å². The highest BCUT2D eigenvalue weighted by molar-refractivity contribution is 4.85. The van der Waals surface area contributed by atoms with Gasteiger partial charge in [0.05, 0.1) is 0 Å².